The lowest BCUT2D eigenvalue weighted by atomic mass is 10.1. The van der Waals surface area contributed by atoms with Crippen LogP contribution in [0.3, 0.4) is 0 Å². The van der Waals surface area contributed by atoms with Crippen molar-refractivity contribution < 1.29 is 14.3 Å². The molecule has 0 spiro atoms. The number of ether oxygens (including phenoxy) is 2. The Morgan fingerprint density at radius 2 is 2.00 bits per heavy atom. The molecule has 2 aromatic rings. The summed E-state index contributed by atoms with van der Waals surface area (Å²) in [5.41, 5.74) is 3.17. The highest BCUT2D eigenvalue weighted by Gasteiger charge is 2.31. The van der Waals surface area contributed by atoms with Crippen LogP contribution in [0.4, 0.5) is 5.69 Å². The van der Waals surface area contributed by atoms with Gasteiger partial charge in [0, 0.05) is 41.7 Å². The second kappa shape index (κ2) is 6.75. The SMILES string of the molecule is COc1cc2c(cc1OC)C1=NCCN1C(=CC(=O)c1ccc(C)nc1)N2. The van der Waals surface area contributed by atoms with Crippen LogP contribution >= 0.6 is 0 Å². The Morgan fingerprint density at radius 3 is 2.70 bits per heavy atom. The van der Waals surface area contributed by atoms with Gasteiger partial charge >= 0.3 is 0 Å². The maximum absolute atomic E-state index is 12.7. The summed E-state index contributed by atoms with van der Waals surface area (Å²) in [5, 5.41) is 3.34. The number of hydrogen-bond donors (Lipinski definition) is 1. The van der Waals surface area contributed by atoms with E-state index in [9.17, 15) is 4.79 Å². The lowest BCUT2D eigenvalue weighted by Gasteiger charge is -2.31. The number of carbonyl (C=O) groups is 1. The van der Waals surface area contributed by atoms with Crippen LogP contribution in [0, 0.1) is 6.92 Å². The van der Waals surface area contributed by atoms with Gasteiger partial charge in [-0.25, -0.2) is 0 Å². The van der Waals surface area contributed by atoms with Crippen LogP contribution in [0.5, 0.6) is 11.5 Å². The van der Waals surface area contributed by atoms with Crippen LogP contribution in [0.15, 0.2) is 47.4 Å². The van der Waals surface area contributed by atoms with E-state index in [1.165, 1.54) is 0 Å². The number of aliphatic imine (C=N–C) groups is 1. The topological polar surface area (TPSA) is 76.1 Å². The number of anilines is 1. The van der Waals surface area contributed by atoms with Crippen molar-refractivity contribution in [3.63, 3.8) is 0 Å². The summed E-state index contributed by atoms with van der Waals surface area (Å²) in [7, 11) is 3.20. The number of methoxy groups -OCH3 is 2. The maximum Gasteiger partial charge on any atom is 0.191 e. The van der Waals surface area contributed by atoms with Crippen LogP contribution in [0.2, 0.25) is 0 Å². The molecule has 0 fully saturated rings. The quantitative estimate of drug-likeness (QED) is 0.664. The Labute approximate surface area is 157 Å². The Balaban J connectivity index is 1.74. The number of fused-ring (bicyclic) bond motifs is 3. The minimum atomic E-state index is -0.111. The van der Waals surface area contributed by atoms with E-state index in [1.807, 2.05) is 30.0 Å². The fourth-order valence-corrected chi connectivity index (χ4v) is 3.22. The Hall–Kier alpha value is -3.35. The number of allylic oxidation sites excluding steroid dienone is 1. The van der Waals surface area contributed by atoms with E-state index >= 15 is 0 Å². The molecule has 0 bridgehead atoms. The molecule has 7 heteroatoms. The van der Waals surface area contributed by atoms with Gasteiger partial charge in [-0.15, -0.1) is 0 Å². The lowest BCUT2D eigenvalue weighted by Crippen LogP contribution is -2.36. The zero-order valence-corrected chi connectivity index (χ0v) is 15.4. The van der Waals surface area contributed by atoms with E-state index in [4.69, 9.17) is 9.47 Å². The average Bonchev–Trinajstić information content (AvgIpc) is 3.18. The highest BCUT2D eigenvalue weighted by atomic mass is 16.5. The summed E-state index contributed by atoms with van der Waals surface area (Å²) in [6, 6.07) is 7.37. The summed E-state index contributed by atoms with van der Waals surface area (Å²) in [6.45, 7) is 3.27. The summed E-state index contributed by atoms with van der Waals surface area (Å²) in [4.78, 5) is 23.5. The zero-order chi connectivity index (χ0) is 19.0. The van der Waals surface area contributed by atoms with Crippen molar-refractivity contribution in [1.29, 1.82) is 0 Å². The molecule has 1 aromatic carbocycles. The fourth-order valence-electron chi connectivity index (χ4n) is 3.22. The molecule has 3 heterocycles. The number of carbonyl (C=O) groups excluding carboxylic acids is 1. The molecular formula is C20H20N4O3. The van der Waals surface area contributed by atoms with Crippen LogP contribution < -0.4 is 14.8 Å². The van der Waals surface area contributed by atoms with E-state index < -0.39 is 0 Å². The fraction of sp³-hybridized carbons (Fsp3) is 0.250. The Bertz CT molecular complexity index is 964. The molecule has 7 nitrogen and oxygen atoms in total. The number of nitrogens with one attached hydrogen (secondary N) is 1. The molecule has 2 aliphatic heterocycles. The monoisotopic (exact) mass is 364 g/mol. The van der Waals surface area contributed by atoms with Gasteiger partial charge in [0.2, 0.25) is 0 Å². The van der Waals surface area contributed by atoms with Gasteiger partial charge in [-0.2, -0.15) is 0 Å². The first-order valence-corrected chi connectivity index (χ1v) is 8.65. The van der Waals surface area contributed by atoms with E-state index in [0.29, 0.717) is 36.0 Å². The van der Waals surface area contributed by atoms with Crippen LogP contribution in [-0.2, 0) is 0 Å². The number of nitrogens with zero attached hydrogens (tertiary/aromatic N) is 3. The number of benzene rings is 1. The third-order valence-electron chi connectivity index (χ3n) is 4.62. The standard InChI is InChI=1S/C20H20N4O3/c1-12-4-5-13(11-22-12)16(25)10-19-23-15-9-18(27-3)17(26-2)8-14(15)20-21-6-7-24(19)20/h4-5,8-11,23H,6-7H2,1-3H3. The second-order valence-electron chi connectivity index (χ2n) is 6.32. The Morgan fingerprint density at radius 1 is 1.22 bits per heavy atom. The normalized spacial score (nSPS) is 16.3. The van der Waals surface area contributed by atoms with Crippen molar-refractivity contribution in [3.05, 3.63) is 59.2 Å². The Kier molecular flexibility index (Phi) is 4.27. The minimum absolute atomic E-state index is 0.111. The van der Waals surface area contributed by atoms with Crippen molar-refractivity contribution in [2.75, 3.05) is 32.6 Å². The molecular weight excluding hydrogens is 344 g/mol. The van der Waals surface area contributed by atoms with E-state index in [1.54, 1.807) is 32.6 Å². The molecule has 1 aromatic heterocycles. The number of ketones is 1. The summed E-state index contributed by atoms with van der Waals surface area (Å²) < 4.78 is 10.8. The van der Waals surface area contributed by atoms with E-state index in [2.05, 4.69) is 15.3 Å². The molecule has 4 rings (SSSR count). The van der Waals surface area contributed by atoms with Crippen LogP contribution in [0.25, 0.3) is 0 Å². The number of amidine groups is 1. The number of hydrogen-bond acceptors (Lipinski definition) is 7. The van der Waals surface area contributed by atoms with Gasteiger partial charge in [-0.05, 0) is 25.1 Å². The van der Waals surface area contributed by atoms with Gasteiger partial charge in [0.15, 0.2) is 17.3 Å². The molecule has 2 aliphatic rings. The molecule has 0 saturated carbocycles. The minimum Gasteiger partial charge on any atom is -0.493 e. The molecule has 0 atom stereocenters. The first-order chi connectivity index (χ1) is 13.1. The first kappa shape index (κ1) is 17.1. The maximum atomic E-state index is 12.7. The largest absolute Gasteiger partial charge is 0.493 e. The van der Waals surface area contributed by atoms with Gasteiger partial charge in [-0.1, -0.05) is 0 Å². The summed E-state index contributed by atoms with van der Waals surface area (Å²) in [6.07, 6.45) is 3.19. The average molecular weight is 364 g/mol. The smallest absolute Gasteiger partial charge is 0.191 e. The number of rotatable bonds is 4. The molecule has 27 heavy (non-hydrogen) atoms. The highest BCUT2D eigenvalue weighted by Crippen LogP contribution is 2.38. The van der Waals surface area contributed by atoms with Gasteiger partial charge < -0.3 is 19.7 Å². The van der Waals surface area contributed by atoms with Crippen LogP contribution in [0.1, 0.15) is 21.6 Å². The number of pyridine rings is 1. The third-order valence-corrected chi connectivity index (χ3v) is 4.62. The van der Waals surface area contributed by atoms with E-state index in [-0.39, 0.29) is 5.78 Å². The molecule has 0 unspecified atom stereocenters. The lowest BCUT2D eigenvalue weighted by molar-refractivity contribution is 0.104. The van der Waals surface area contributed by atoms with Crippen LogP contribution in [-0.4, -0.2) is 48.8 Å². The molecule has 0 radical (unpaired) electrons. The number of aromatic nitrogens is 1. The van der Waals surface area contributed by atoms with Gasteiger partial charge in [-0.3, -0.25) is 14.8 Å². The first-order valence-electron chi connectivity index (χ1n) is 8.65. The van der Waals surface area contributed by atoms with Gasteiger partial charge in [0.1, 0.15) is 11.7 Å². The summed E-state index contributed by atoms with van der Waals surface area (Å²) in [5.74, 6) is 2.66. The predicted molar refractivity (Wildman–Crippen MR) is 103 cm³/mol. The molecule has 1 N–H and O–H groups in total. The van der Waals surface area contributed by atoms with Crippen molar-refractivity contribution in [1.82, 2.24) is 9.88 Å². The second-order valence-corrected chi connectivity index (χ2v) is 6.32. The molecule has 0 amide bonds. The van der Waals surface area contributed by atoms with Crippen molar-refractivity contribution in [2.45, 2.75) is 6.92 Å². The molecule has 138 valence electrons. The van der Waals surface area contributed by atoms with E-state index in [0.717, 1.165) is 22.8 Å². The predicted octanol–water partition coefficient (Wildman–Crippen LogP) is 2.62. The summed E-state index contributed by atoms with van der Waals surface area (Å²) >= 11 is 0. The van der Waals surface area contributed by atoms with Gasteiger partial charge in [0.25, 0.3) is 0 Å². The van der Waals surface area contributed by atoms with Crippen molar-refractivity contribution >= 4 is 17.3 Å². The van der Waals surface area contributed by atoms with Gasteiger partial charge in [0.05, 0.1) is 26.5 Å². The zero-order valence-electron chi connectivity index (χ0n) is 15.4. The third kappa shape index (κ3) is 3.01. The highest BCUT2D eigenvalue weighted by molar-refractivity contribution is 6.10. The number of aryl methyl sites for hydroxylation is 1. The molecule has 0 aliphatic carbocycles. The van der Waals surface area contributed by atoms with Crippen molar-refractivity contribution in [2.24, 2.45) is 4.99 Å². The molecule has 0 saturated heterocycles. The van der Waals surface area contributed by atoms with Crippen molar-refractivity contribution in [3.8, 4) is 11.5 Å².